The Morgan fingerprint density at radius 1 is 1.11 bits per heavy atom. The number of nitrogens with zero attached hydrogens (tertiary/aromatic N) is 1. The number of carbonyl (C=O) groups is 2. The summed E-state index contributed by atoms with van der Waals surface area (Å²) in [5, 5.41) is 3.28. The van der Waals surface area contributed by atoms with Crippen LogP contribution in [0.2, 0.25) is 5.02 Å². The van der Waals surface area contributed by atoms with Crippen LogP contribution < -0.4 is 10.1 Å². The van der Waals surface area contributed by atoms with Crippen LogP contribution in [0.15, 0.2) is 53.0 Å². The van der Waals surface area contributed by atoms with Gasteiger partial charge in [0.2, 0.25) is 5.91 Å². The molecule has 1 N–H and O–H groups in total. The van der Waals surface area contributed by atoms with Crippen LogP contribution in [0.5, 0.6) is 5.75 Å². The number of halogens is 2. The molecule has 150 valence electrons. The smallest absolute Gasteiger partial charge is 0.261 e. The molecule has 2 amide bonds. The minimum absolute atomic E-state index is 0.0149. The molecule has 0 bridgehead atoms. The maximum Gasteiger partial charge on any atom is 0.261 e. The number of ether oxygens (including phenoxy) is 1. The lowest BCUT2D eigenvalue weighted by molar-refractivity contribution is -0.142. The average molecular weight is 468 g/mol. The van der Waals surface area contributed by atoms with Gasteiger partial charge >= 0.3 is 0 Å². The van der Waals surface area contributed by atoms with Gasteiger partial charge in [-0.1, -0.05) is 51.8 Å². The van der Waals surface area contributed by atoms with E-state index < -0.39 is 6.04 Å². The summed E-state index contributed by atoms with van der Waals surface area (Å²) in [6.07, 6.45) is 0. The van der Waals surface area contributed by atoms with Crippen LogP contribution in [0.25, 0.3) is 0 Å². The van der Waals surface area contributed by atoms with Gasteiger partial charge in [0.05, 0.1) is 5.02 Å². The molecule has 2 rings (SSSR count). The van der Waals surface area contributed by atoms with Crippen LogP contribution >= 0.6 is 27.5 Å². The maximum atomic E-state index is 12.9. The van der Waals surface area contributed by atoms with Gasteiger partial charge in [-0.3, -0.25) is 9.59 Å². The second-order valence-electron chi connectivity index (χ2n) is 6.71. The van der Waals surface area contributed by atoms with E-state index in [1.54, 1.807) is 31.2 Å². The number of hydrogen-bond acceptors (Lipinski definition) is 3. The Balaban J connectivity index is 2.15. The number of hydrogen-bond donors (Lipinski definition) is 1. The van der Waals surface area contributed by atoms with E-state index in [0.29, 0.717) is 17.3 Å². The van der Waals surface area contributed by atoms with Gasteiger partial charge in [-0.15, -0.1) is 0 Å². The lowest BCUT2D eigenvalue weighted by Gasteiger charge is -2.29. The van der Waals surface area contributed by atoms with Crippen molar-refractivity contribution in [3.05, 3.63) is 63.6 Å². The Kier molecular flexibility index (Phi) is 8.33. The Labute approximate surface area is 179 Å². The molecule has 0 saturated carbocycles. The van der Waals surface area contributed by atoms with Gasteiger partial charge in [0.25, 0.3) is 5.91 Å². The molecule has 0 spiro atoms. The van der Waals surface area contributed by atoms with Gasteiger partial charge in [-0.2, -0.15) is 0 Å². The molecule has 1 atom stereocenters. The zero-order valence-electron chi connectivity index (χ0n) is 16.1. The Hall–Kier alpha value is -2.05. The SMILES string of the molecule is CC(C)NC(=O)C(C)N(Cc1ccc(Br)cc1)C(=O)COc1ccccc1Cl. The molecule has 28 heavy (non-hydrogen) atoms. The lowest BCUT2D eigenvalue weighted by atomic mass is 10.1. The molecule has 0 aliphatic heterocycles. The fourth-order valence-electron chi connectivity index (χ4n) is 2.56. The molecule has 2 aromatic carbocycles. The van der Waals surface area contributed by atoms with Crippen LogP contribution in [0, 0.1) is 0 Å². The summed E-state index contributed by atoms with van der Waals surface area (Å²) in [6.45, 7) is 5.56. The van der Waals surface area contributed by atoms with Crippen molar-refractivity contribution in [2.24, 2.45) is 0 Å². The highest BCUT2D eigenvalue weighted by atomic mass is 79.9. The molecule has 0 saturated heterocycles. The lowest BCUT2D eigenvalue weighted by Crippen LogP contribution is -2.50. The summed E-state index contributed by atoms with van der Waals surface area (Å²) in [6, 6.07) is 13.9. The number of benzene rings is 2. The van der Waals surface area contributed by atoms with Crippen molar-refractivity contribution in [2.45, 2.75) is 39.4 Å². The molecule has 2 aromatic rings. The first-order valence-corrected chi connectivity index (χ1v) is 10.2. The third-order valence-electron chi connectivity index (χ3n) is 4.05. The highest BCUT2D eigenvalue weighted by molar-refractivity contribution is 9.10. The first-order chi connectivity index (χ1) is 13.3. The summed E-state index contributed by atoms with van der Waals surface area (Å²) < 4.78 is 6.53. The van der Waals surface area contributed by atoms with Crippen LogP contribution in [0.1, 0.15) is 26.3 Å². The zero-order chi connectivity index (χ0) is 20.7. The predicted molar refractivity (Wildman–Crippen MR) is 114 cm³/mol. The number of amides is 2. The molecule has 5 nitrogen and oxygen atoms in total. The Bertz CT molecular complexity index is 812. The standard InChI is InChI=1S/C21H24BrClN2O3/c1-14(2)24-21(27)15(3)25(12-16-8-10-17(22)11-9-16)20(26)13-28-19-7-5-4-6-18(19)23/h4-11,14-15H,12-13H2,1-3H3,(H,24,27). The van der Waals surface area contributed by atoms with Gasteiger partial charge in [-0.05, 0) is 50.6 Å². The van der Waals surface area contributed by atoms with Gasteiger partial charge in [0, 0.05) is 17.1 Å². The third-order valence-corrected chi connectivity index (χ3v) is 4.89. The zero-order valence-corrected chi connectivity index (χ0v) is 18.5. The average Bonchev–Trinajstić information content (AvgIpc) is 2.65. The van der Waals surface area contributed by atoms with Crippen molar-refractivity contribution in [3.8, 4) is 5.75 Å². The van der Waals surface area contributed by atoms with Gasteiger partial charge in [0.1, 0.15) is 11.8 Å². The topological polar surface area (TPSA) is 58.6 Å². The van der Waals surface area contributed by atoms with E-state index in [4.69, 9.17) is 16.3 Å². The summed E-state index contributed by atoms with van der Waals surface area (Å²) in [4.78, 5) is 26.9. The Morgan fingerprint density at radius 2 is 1.75 bits per heavy atom. The molecule has 0 aliphatic carbocycles. The van der Waals surface area contributed by atoms with E-state index in [9.17, 15) is 9.59 Å². The summed E-state index contributed by atoms with van der Waals surface area (Å²) in [5.74, 6) is -0.0761. The van der Waals surface area contributed by atoms with Crippen molar-refractivity contribution in [1.82, 2.24) is 10.2 Å². The number of carbonyl (C=O) groups excluding carboxylic acids is 2. The van der Waals surface area contributed by atoms with E-state index in [0.717, 1.165) is 10.0 Å². The van der Waals surface area contributed by atoms with E-state index in [1.807, 2.05) is 38.1 Å². The second kappa shape index (κ2) is 10.5. The Morgan fingerprint density at radius 3 is 2.36 bits per heavy atom. The van der Waals surface area contributed by atoms with Crippen molar-refractivity contribution in [3.63, 3.8) is 0 Å². The molecule has 0 aliphatic rings. The van der Waals surface area contributed by atoms with E-state index in [1.165, 1.54) is 4.90 Å². The van der Waals surface area contributed by atoms with E-state index in [-0.39, 0.29) is 24.5 Å². The monoisotopic (exact) mass is 466 g/mol. The molecule has 1 unspecified atom stereocenters. The van der Waals surface area contributed by atoms with Gasteiger partial charge in [0.15, 0.2) is 6.61 Å². The molecule has 0 heterocycles. The highest BCUT2D eigenvalue weighted by Crippen LogP contribution is 2.23. The summed E-state index contributed by atoms with van der Waals surface area (Å²) >= 11 is 9.48. The second-order valence-corrected chi connectivity index (χ2v) is 8.03. The molecule has 7 heteroatoms. The quantitative estimate of drug-likeness (QED) is 0.625. The van der Waals surface area contributed by atoms with E-state index in [2.05, 4.69) is 21.2 Å². The highest BCUT2D eigenvalue weighted by Gasteiger charge is 2.27. The van der Waals surface area contributed by atoms with Crippen molar-refractivity contribution >= 4 is 39.3 Å². The fraction of sp³-hybridized carbons (Fsp3) is 0.333. The number of rotatable bonds is 8. The first-order valence-electron chi connectivity index (χ1n) is 8.99. The number of para-hydroxylation sites is 1. The first kappa shape index (κ1) is 22.2. The van der Waals surface area contributed by atoms with Crippen LogP contribution in [-0.2, 0) is 16.1 Å². The van der Waals surface area contributed by atoms with Crippen molar-refractivity contribution in [2.75, 3.05) is 6.61 Å². The normalized spacial score (nSPS) is 11.8. The maximum absolute atomic E-state index is 12.9. The molecule has 0 fully saturated rings. The molecular weight excluding hydrogens is 444 g/mol. The predicted octanol–water partition coefficient (Wildman–Crippen LogP) is 4.42. The minimum Gasteiger partial charge on any atom is -0.482 e. The van der Waals surface area contributed by atoms with E-state index >= 15 is 0 Å². The largest absolute Gasteiger partial charge is 0.482 e. The van der Waals surface area contributed by atoms with Gasteiger partial charge < -0.3 is 15.0 Å². The molecule has 0 radical (unpaired) electrons. The van der Waals surface area contributed by atoms with Crippen LogP contribution in [0.4, 0.5) is 0 Å². The third kappa shape index (κ3) is 6.53. The molecular formula is C21H24BrClN2O3. The van der Waals surface area contributed by atoms with Crippen molar-refractivity contribution in [1.29, 1.82) is 0 Å². The fourth-order valence-corrected chi connectivity index (χ4v) is 3.01. The minimum atomic E-state index is -0.645. The van der Waals surface area contributed by atoms with Gasteiger partial charge in [-0.25, -0.2) is 0 Å². The van der Waals surface area contributed by atoms with Crippen molar-refractivity contribution < 1.29 is 14.3 Å². The molecule has 0 aromatic heterocycles. The van der Waals surface area contributed by atoms with Crippen LogP contribution in [0.3, 0.4) is 0 Å². The summed E-state index contributed by atoms with van der Waals surface area (Å²) in [7, 11) is 0. The summed E-state index contributed by atoms with van der Waals surface area (Å²) in [5.41, 5.74) is 0.915. The van der Waals surface area contributed by atoms with Crippen LogP contribution in [-0.4, -0.2) is 35.4 Å². The number of nitrogens with one attached hydrogen (secondary N) is 1.